The number of H-pyrrole nitrogens is 1. The summed E-state index contributed by atoms with van der Waals surface area (Å²) in [5.74, 6) is -0.231. The van der Waals surface area contributed by atoms with Crippen LogP contribution < -0.4 is 10.6 Å². The number of anilines is 1. The molecule has 0 unspecified atom stereocenters. The third kappa shape index (κ3) is 3.08. The number of nitrogens with zero attached hydrogens (tertiary/aromatic N) is 2. The lowest BCUT2D eigenvalue weighted by molar-refractivity contribution is 0.0984. The van der Waals surface area contributed by atoms with Gasteiger partial charge in [-0.15, -0.1) is 0 Å². The maximum atomic E-state index is 12.7. The second-order valence-electron chi connectivity index (χ2n) is 5.25. The highest BCUT2D eigenvalue weighted by Gasteiger charge is 2.19. The van der Waals surface area contributed by atoms with Gasteiger partial charge in [0.15, 0.2) is 0 Å². The van der Waals surface area contributed by atoms with Crippen molar-refractivity contribution in [1.82, 2.24) is 9.55 Å². The molecule has 0 saturated carbocycles. The zero-order valence-corrected chi connectivity index (χ0v) is 12.8. The molecule has 3 rings (SSSR count). The van der Waals surface area contributed by atoms with Gasteiger partial charge in [-0.3, -0.25) is 9.36 Å². The molecule has 23 heavy (non-hydrogen) atoms. The molecule has 0 bridgehead atoms. The number of amides is 1. The maximum absolute atomic E-state index is 12.7. The van der Waals surface area contributed by atoms with Crippen molar-refractivity contribution in [3.8, 4) is 0 Å². The number of aromatic amines is 1. The molecular weight excluding hydrogens is 290 g/mol. The minimum atomic E-state index is -0.293. The highest BCUT2D eigenvalue weighted by Crippen LogP contribution is 2.14. The van der Waals surface area contributed by atoms with E-state index in [-0.39, 0.29) is 11.6 Å². The third-order valence-corrected chi connectivity index (χ3v) is 3.72. The van der Waals surface area contributed by atoms with Gasteiger partial charge in [0, 0.05) is 18.9 Å². The van der Waals surface area contributed by atoms with Gasteiger partial charge in [-0.2, -0.15) is 0 Å². The van der Waals surface area contributed by atoms with Crippen LogP contribution in [0.4, 0.5) is 5.69 Å². The number of carbonyl (C=O) groups excluding carboxylic acids is 1. The lowest BCUT2D eigenvalue weighted by Crippen LogP contribution is -2.31. The summed E-state index contributed by atoms with van der Waals surface area (Å²) in [4.78, 5) is 28.9. The third-order valence-electron chi connectivity index (χ3n) is 3.72. The van der Waals surface area contributed by atoms with Crippen LogP contribution in [0.5, 0.6) is 0 Å². The predicted molar refractivity (Wildman–Crippen MR) is 89.8 cm³/mol. The Kier molecular flexibility index (Phi) is 4.10. The number of hydrogen-bond acceptors (Lipinski definition) is 2. The summed E-state index contributed by atoms with van der Waals surface area (Å²) in [7, 11) is 1.70. The molecule has 0 radical (unpaired) electrons. The topological polar surface area (TPSA) is 58.1 Å². The minimum Gasteiger partial charge on any atom is -0.312 e. The monoisotopic (exact) mass is 307 g/mol. The first-order valence-electron chi connectivity index (χ1n) is 7.32. The van der Waals surface area contributed by atoms with Crippen LogP contribution in [0.1, 0.15) is 16.1 Å². The van der Waals surface area contributed by atoms with Crippen molar-refractivity contribution >= 4 is 11.6 Å². The average Bonchev–Trinajstić information content (AvgIpc) is 2.96. The average molecular weight is 307 g/mol. The zero-order valence-electron chi connectivity index (χ0n) is 12.8. The normalized spacial score (nSPS) is 10.5. The van der Waals surface area contributed by atoms with Crippen molar-refractivity contribution in [2.45, 2.75) is 6.54 Å². The molecular formula is C18H17N3O2. The summed E-state index contributed by atoms with van der Waals surface area (Å²) >= 11 is 0. The molecule has 0 aliphatic heterocycles. The number of rotatable bonds is 4. The van der Waals surface area contributed by atoms with E-state index < -0.39 is 0 Å². The fraction of sp³-hybridized carbons (Fsp3) is 0.111. The Morgan fingerprint density at radius 1 is 1.04 bits per heavy atom. The van der Waals surface area contributed by atoms with Gasteiger partial charge in [0.05, 0.1) is 6.54 Å². The quantitative estimate of drug-likeness (QED) is 0.805. The lowest BCUT2D eigenvalue weighted by Gasteiger charge is -2.17. The summed E-state index contributed by atoms with van der Waals surface area (Å²) in [5.41, 5.74) is 1.78. The van der Waals surface area contributed by atoms with Gasteiger partial charge in [0.2, 0.25) is 0 Å². The van der Waals surface area contributed by atoms with Crippen LogP contribution in [0.2, 0.25) is 0 Å². The van der Waals surface area contributed by atoms with Gasteiger partial charge in [0.25, 0.3) is 5.91 Å². The summed E-state index contributed by atoms with van der Waals surface area (Å²) in [5, 5.41) is 0. The molecule has 1 amide bonds. The van der Waals surface area contributed by atoms with Crippen molar-refractivity contribution < 1.29 is 4.79 Å². The van der Waals surface area contributed by atoms with Gasteiger partial charge < -0.3 is 9.88 Å². The highest BCUT2D eigenvalue weighted by molar-refractivity contribution is 6.04. The number of hydrogen-bond donors (Lipinski definition) is 1. The summed E-state index contributed by atoms with van der Waals surface area (Å²) in [6.45, 7) is 0.354. The largest absolute Gasteiger partial charge is 0.326 e. The summed E-state index contributed by atoms with van der Waals surface area (Å²) in [6, 6.07) is 18.9. The van der Waals surface area contributed by atoms with E-state index in [1.54, 1.807) is 7.05 Å². The van der Waals surface area contributed by atoms with E-state index in [4.69, 9.17) is 0 Å². The van der Waals surface area contributed by atoms with E-state index in [0.717, 1.165) is 11.3 Å². The molecule has 0 aliphatic carbocycles. The molecule has 0 fully saturated rings. The van der Waals surface area contributed by atoms with Crippen LogP contribution in [0.25, 0.3) is 0 Å². The molecule has 1 aromatic heterocycles. The molecule has 0 atom stereocenters. The highest BCUT2D eigenvalue weighted by atomic mass is 16.2. The van der Waals surface area contributed by atoms with Crippen molar-refractivity contribution in [3.63, 3.8) is 0 Å². The van der Waals surface area contributed by atoms with Gasteiger partial charge in [0.1, 0.15) is 5.69 Å². The molecule has 0 aliphatic rings. The van der Waals surface area contributed by atoms with E-state index in [0.29, 0.717) is 12.2 Å². The Hall–Kier alpha value is -3.08. The van der Waals surface area contributed by atoms with Gasteiger partial charge >= 0.3 is 5.69 Å². The van der Waals surface area contributed by atoms with Crippen LogP contribution >= 0.6 is 0 Å². The Labute approximate surface area is 133 Å². The van der Waals surface area contributed by atoms with Gasteiger partial charge in [-0.25, -0.2) is 4.79 Å². The number of aromatic nitrogens is 2. The molecule has 2 aromatic carbocycles. The smallest absolute Gasteiger partial charge is 0.312 e. The van der Waals surface area contributed by atoms with Crippen molar-refractivity contribution in [2.75, 3.05) is 11.9 Å². The molecule has 0 saturated heterocycles. The fourth-order valence-corrected chi connectivity index (χ4v) is 2.44. The molecule has 0 spiro atoms. The Bertz CT molecular complexity index is 851. The molecule has 116 valence electrons. The van der Waals surface area contributed by atoms with E-state index in [1.165, 1.54) is 15.7 Å². The fourth-order valence-electron chi connectivity index (χ4n) is 2.44. The van der Waals surface area contributed by atoms with Crippen molar-refractivity contribution in [2.24, 2.45) is 0 Å². The van der Waals surface area contributed by atoms with E-state index in [2.05, 4.69) is 4.98 Å². The van der Waals surface area contributed by atoms with Crippen LogP contribution in [0, 0.1) is 0 Å². The van der Waals surface area contributed by atoms with E-state index in [9.17, 15) is 9.59 Å². The summed E-state index contributed by atoms with van der Waals surface area (Å²) < 4.78 is 1.46. The first kappa shape index (κ1) is 14.8. The Morgan fingerprint density at radius 3 is 2.30 bits per heavy atom. The van der Waals surface area contributed by atoms with Crippen molar-refractivity contribution in [3.05, 3.63) is 88.6 Å². The number of carbonyl (C=O) groups is 1. The van der Waals surface area contributed by atoms with Crippen LogP contribution in [-0.2, 0) is 6.54 Å². The van der Waals surface area contributed by atoms with Crippen LogP contribution in [-0.4, -0.2) is 22.5 Å². The number of nitrogens with one attached hydrogen (secondary N) is 1. The Morgan fingerprint density at radius 2 is 1.65 bits per heavy atom. The van der Waals surface area contributed by atoms with E-state index >= 15 is 0 Å². The van der Waals surface area contributed by atoms with Gasteiger partial charge in [-0.1, -0.05) is 48.5 Å². The molecule has 5 nitrogen and oxygen atoms in total. The molecule has 1 heterocycles. The predicted octanol–water partition coefficient (Wildman–Crippen LogP) is 2.50. The summed E-state index contributed by atoms with van der Waals surface area (Å²) in [6.07, 6.45) is 1.47. The van der Waals surface area contributed by atoms with Crippen molar-refractivity contribution in [1.29, 1.82) is 0 Å². The minimum absolute atomic E-state index is 0.231. The number of imidazole rings is 1. The van der Waals surface area contributed by atoms with Gasteiger partial charge in [-0.05, 0) is 17.7 Å². The van der Waals surface area contributed by atoms with E-state index in [1.807, 2.05) is 60.7 Å². The SMILES string of the molecule is CN(C(=O)c1c[nH]c(=O)n1Cc1ccccc1)c1ccccc1. The molecule has 3 aromatic rings. The first-order valence-corrected chi connectivity index (χ1v) is 7.32. The first-order chi connectivity index (χ1) is 11.2. The Balaban J connectivity index is 1.92. The lowest BCUT2D eigenvalue weighted by atomic mass is 10.2. The maximum Gasteiger partial charge on any atom is 0.326 e. The molecule has 5 heteroatoms. The second-order valence-corrected chi connectivity index (χ2v) is 5.25. The van der Waals surface area contributed by atoms with Crippen LogP contribution in [0.15, 0.2) is 71.7 Å². The zero-order chi connectivity index (χ0) is 16.2. The number of benzene rings is 2. The van der Waals surface area contributed by atoms with Crippen LogP contribution in [0.3, 0.4) is 0 Å². The number of para-hydroxylation sites is 1. The standard InChI is InChI=1S/C18H17N3O2/c1-20(15-10-6-3-7-11-15)17(22)16-12-19-18(23)21(16)13-14-8-4-2-5-9-14/h2-12H,13H2,1H3,(H,19,23). The second kappa shape index (κ2) is 6.36. The molecule has 1 N–H and O–H groups in total.